The van der Waals surface area contributed by atoms with Crippen LogP contribution in [0, 0.1) is 11.8 Å². The van der Waals surface area contributed by atoms with Gasteiger partial charge in [-0.3, -0.25) is 0 Å². The number of hydrogen-bond acceptors (Lipinski definition) is 0. The minimum atomic E-state index is 0.939. The molecule has 2 atom stereocenters. The lowest BCUT2D eigenvalue weighted by atomic mass is 9.95. The van der Waals surface area contributed by atoms with Gasteiger partial charge in [-0.1, -0.05) is 73.6 Å². The zero-order chi connectivity index (χ0) is 10.7. The molecule has 0 amide bonds. The van der Waals surface area contributed by atoms with Crippen molar-refractivity contribution in [3.05, 3.63) is 0 Å². The van der Waals surface area contributed by atoms with Gasteiger partial charge >= 0.3 is 0 Å². The summed E-state index contributed by atoms with van der Waals surface area (Å²) in [6, 6.07) is 0. The minimum absolute atomic E-state index is 0.939. The molecule has 0 radical (unpaired) electrons. The van der Waals surface area contributed by atoms with E-state index in [9.17, 15) is 0 Å². The van der Waals surface area contributed by atoms with Gasteiger partial charge in [0.2, 0.25) is 0 Å². The van der Waals surface area contributed by atoms with Crippen molar-refractivity contribution >= 4 is 0 Å². The standard InChI is InChI=1S/C10H22.C3H8/c1-5-9(3)7-8-10(4)6-2;1-3-2/h9-10H,5-8H2,1-4H3;3H2,1-2H3. The summed E-state index contributed by atoms with van der Waals surface area (Å²) in [6.45, 7) is 13.5. The fourth-order valence-electron chi connectivity index (χ4n) is 0.977. The van der Waals surface area contributed by atoms with E-state index in [4.69, 9.17) is 0 Å². The van der Waals surface area contributed by atoms with Crippen LogP contribution in [0.15, 0.2) is 0 Å². The largest absolute Gasteiger partial charge is 0.0656 e. The molecule has 0 saturated carbocycles. The quantitative estimate of drug-likeness (QED) is 0.548. The molecular formula is C13H30. The molecule has 2 unspecified atom stereocenters. The Morgan fingerprint density at radius 1 is 0.692 bits per heavy atom. The summed E-state index contributed by atoms with van der Waals surface area (Å²) in [5.74, 6) is 1.88. The Labute approximate surface area is 86.1 Å². The van der Waals surface area contributed by atoms with Crippen LogP contribution < -0.4 is 0 Å². The lowest BCUT2D eigenvalue weighted by molar-refractivity contribution is 0.415. The second kappa shape index (κ2) is 12.0. The molecule has 0 aromatic carbocycles. The molecule has 0 N–H and O–H groups in total. The molecule has 13 heavy (non-hydrogen) atoms. The summed E-state index contributed by atoms with van der Waals surface area (Å²) in [5.41, 5.74) is 0. The molecule has 0 aliphatic heterocycles. The Balaban J connectivity index is 0. The molecular weight excluding hydrogens is 156 g/mol. The highest BCUT2D eigenvalue weighted by Crippen LogP contribution is 2.16. The molecule has 0 nitrogen and oxygen atoms in total. The normalized spacial score (nSPS) is 14.3. The highest BCUT2D eigenvalue weighted by molar-refractivity contribution is 4.54. The number of rotatable bonds is 5. The van der Waals surface area contributed by atoms with Gasteiger partial charge in [0.15, 0.2) is 0 Å². The second-order valence-corrected chi connectivity index (χ2v) is 4.31. The first-order chi connectivity index (χ1) is 6.12. The first-order valence-electron chi connectivity index (χ1n) is 6.12. The molecule has 0 aliphatic carbocycles. The summed E-state index contributed by atoms with van der Waals surface area (Å²) in [7, 11) is 0. The average molecular weight is 186 g/mol. The van der Waals surface area contributed by atoms with Crippen LogP contribution in [0.4, 0.5) is 0 Å². The topological polar surface area (TPSA) is 0 Å². The van der Waals surface area contributed by atoms with Crippen LogP contribution in [0.25, 0.3) is 0 Å². The zero-order valence-electron chi connectivity index (χ0n) is 10.7. The molecule has 0 heteroatoms. The van der Waals surface area contributed by atoms with Crippen LogP contribution in [0.5, 0.6) is 0 Å². The van der Waals surface area contributed by atoms with Crippen molar-refractivity contribution in [2.75, 3.05) is 0 Å². The van der Waals surface area contributed by atoms with Crippen molar-refractivity contribution in [3.8, 4) is 0 Å². The molecule has 0 saturated heterocycles. The maximum absolute atomic E-state index is 2.35. The Kier molecular flexibility index (Phi) is 14.3. The van der Waals surface area contributed by atoms with Gasteiger partial charge in [0.1, 0.15) is 0 Å². The molecule has 0 bridgehead atoms. The van der Waals surface area contributed by atoms with Gasteiger partial charge in [0.05, 0.1) is 0 Å². The maximum atomic E-state index is 2.35. The smallest absolute Gasteiger partial charge is 0.0445 e. The molecule has 0 rings (SSSR count). The average Bonchev–Trinajstić information content (AvgIpc) is 2.14. The van der Waals surface area contributed by atoms with Crippen molar-refractivity contribution in [2.45, 2.75) is 73.6 Å². The van der Waals surface area contributed by atoms with E-state index < -0.39 is 0 Å². The predicted molar refractivity (Wildman–Crippen MR) is 64.1 cm³/mol. The lowest BCUT2D eigenvalue weighted by Gasteiger charge is -2.11. The zero-order valence-corrected chi connectivity index (χ0v) is 10.7. The van der Waals surface area contributed by atoms with Crippen LogP contribution in [0.3, 0.4) is 0 Å². The Hall–Kier alpha value is 0. The third kappa shape index (κ3) is 14.8. The summed E-state index contributed by atoms with van der Waals surface area (Å²) in [5, 5.41) is 0. The van der Waals surface area contributed by atoms with E-state index in [2.05, 4.69) is 41.5 Å². The Morgan fingerprint density at radius 3 is 1.08 bits per heavy atom. The third-order valence-corrected chi connectivity index (χ3v) is 2.55. The molecule has 0 heterocycles. The van der Waals surface area contributed by atoms with Gasteiger partial charge in [-0.05, 0) is 11.8 Å². The van der Waals surface area contributed by atoms with Crippen LogP contribution in [-0.2, 0) is 0 Å². The van der Waals surface area contributed by atoms with Gasteiger partial charge < -0.3 is 0 Å². The van der Waals surface area contributed by atoms with Crippen molar-refractivity contribution < 1.29 is 0 Å². The third-order valence-electron chi connectivity index (χ3n) is 2.55. The van der Waals surface area contributed by atoms with Gasteiger partial charge in [-0.25, -0.2) is 0 Å². The first-order valence-corrected chi connectivity index (χ1v) is 6.12. The van der Waals surface area contributed by atoms with Crippen molar-refractivity contribution in [2.24, 2.45) is 11.8 Å². The number of hydrogen-bond donors (Lipinski definition) is 0. The molecule has 0 aromatic rings. The van der Waals surface area contributed by atoms with E-state index in [1.165, 1.54) is 32.1 Å². The maximum Gasteiger partial charge on any atom is -0.0445 e. The van der Waals surface area contributed by atoms with E-state index in [0.29, 0.717) is 0 Å². The van der Waals surface area contributed by atoms with E-state index >= 15 is 0 Å². The van der Waals surface area contributed by atoms with Gasteiger partial charge in [-0.15, -0.1) is 0 Å². The van der Waals surface area contributed by atoms with Crippen molar-refractivity contribution in [1.82, 2.24) is 0 Å². The molecule has 0 aromatic heterocycles. The van der Waals surface area contributed by atoms with E-state index in [0.717, 1.165) is 11.8 Å². The molecule has 0 spiro atoms. The fraction of sp³-hybridized carbons (Fsp3) is 1.00. The highest BCUT2D eigenvalue weighted by Gasteiger charge is 2.02. The van der Waals surface area contributed by atoms with Crippen LogP contribution in [-0.4, -0.2) is 0 Å². The van der Waals surface area contributed by atoms with E-state index in [-0.39, 0.29) is 0 Å². The SMILES string of the molecule is CCC.CCC(C)CCC(C)CC. The lowest BCUT2D eigenvalue weighted by Crippen LogP contribution is -1.97. The summed E-state index contributed by atoms with van der Waals surface area (Å²) < 4.78 is 0. The first kappa shape index (κ1) is 15.5. The highest BCUT2D eigenvalue weighted by atomic mass is 14.1. The Morgan fingerprint density at radius 2 is 0.923 bits per heavy atom. The summed E-state index contributed by atoms with van der Waals surface area (Å²) in [4.78, 5) is 0. The van der Waals surface area contributed by atoms with Crippen LogP contribution in [0.2, 0.25) is 0 Å². The van der Waals surface area contributed by atoms with Crippen LogP contribution >= 0.6 is 0 Å². The van der Waals surface area contributed by atoms with Gasteiger partial charge in [0.25, 0.3) is 0 Å². The second-order valence-electron chi connectivity index (χ2n) is 4.31. The van der Waals surface area contributed by atoms with E-state index in [1.807, 2.05) is 0 Å². The summed E-state index contributed by atoms with van der Waals surface area (Å²) >= 11 is 0. The minimum Gasteiger partial charge on any atom is -0.0656 e. The van der Waals surface area contributed by atoms with Gasteiger partial charge in [-0.2, -0.15) is 0 Å². The van der Waals surface area contributed by atoms with E-state index in [1.54, 1.807) is 0 Å². The van der Waals surface area contributed by atoms with Crippen molar-refractivity contribution in [3.63, 3.8) is 0 Å². The monoisotopic (exact) mass is 186 g/mol. The summed E-state index contributed by atoms with van der Waals surface area (Å²) in [6.07, 6.45) is 6.78. The molecule has 0 fully saturated rings. The predicted octanol–water partition coefficient (Wildman–Crippen LogP) is 5.28. The van der Waals surface area contributed by atoms with Crippen LogP contribution in [0.1, 0.15) is 73.6 Å². The fourth-order valence-corrected chi connectivity index (χ4v) is 0.977. The van der Waals surface area contributed by atoms with Gasteiger partial charge in [0, 0.05) is 0 Å². The Bertz CT molecular complexity index is 66.1. The van der Waals surface area contributed by atoms with Crippen molar-refractivity contribution in [1.29, 1.82) is 0 Å². The molecule has 82 valence electrons. The molecule has 0 aliphatic rings.